The largest absolute Gasteiger partial charge is 0.480 e. The standard InChI is InChI=1S/C41H78NO10P/c1-3-5-7-9-11-13-15-16-17-18-19-20-21-22-23-25-27-29-31-33-40(44)52-37(35-50-53(47,48)51-36-38(42)41(45)46)34-49-39(43)32-30-28-26-24-14-12-10-8-6-4-2/h18-19,37-38H,3-17,20-36,42H2,1-2H3,(H,45,46)(H,47,48)/b19-18-/t37-,38+/m1/s1. The normalized spacial score (nSPS) is 13.9. The summed E-state index contributed by atoms with van der Waals surface area (Å²) in [6, 6.07) is -1.52. The molecule has 0 aliphatic heterocycles. The van der Waals surface area contributed by atoms with Gasteiger partial charge in [-0.05, 0) is 38.5 Å². The molecular formula is C41H78NO10P. The lowest BCUT2D eigenvalue weighted by molar-refractivity contribution is -0.161. The smallest absolute Gasteiger partial charge is 0.472 e. The van der Waals surface area contributed by atoms with Crippen LogP contribution in [0.5, 0.6) is 0 Å². The van der Waals surface area contributed by atoms with Crippen molar-refractivity contribution in [2.75, 3.05) is 19.8 Å². The van der Waals surface area contributed by atoms with Crippen LogP contribution in [0.1, 0.15) is 200 Å². The molecule has 0 saturated carbocycles. The summed E-state index contributed by atoms with van der Waals surface area (Å²) in [6.45, 7) is 2.79. The first kappa shape index (κ1) is 51.2. The third-order valence-corrected chi connectivity index (χ3v) is 10.2. The van der Waals surface area contributed by atoms with Crippen molar-refractivity contribution in [2.24, 2.45) is 5.73 Å². The van der Waals surface area contributed by atoms with Gasteiger partial charge >= 0.3 is 25.7 Å². The van der Waals surface area contributed by atoms with Crippen molar-refractivity contribution < 1.29 is 47.5 Å². The number of carboxylic acids is 1. The lowest BCUT2D eigenvalue weighted by atomic mass is 10.1. The van der Waals surface area contributed by atoms with E-state index in [1.54, 1.807) is 0 Å². The average molecular weight is 776 g/mol. The fourth-order valence-corrected chi connectivity index (χ4v) is 6.66. The number of phosphoric acid groups is 1. The fourth-order valence-electron chi connectivity index (χ4n) is 5.88. The number of unbranched alkanes of at least 4 members (excludes halogenated alkanes) is 24. The molecule has 0 radical (unpaired) electrons. The lowest BCUT2D eigenvalue weighted by Crippen LogP contribution is -2.34. The van der Waals surface area contributed by atoms with E-state index in [-0.39, 0.29) is 19.4 Å². The SMILES string of the molecule is CCCCCCCCCC/C=C\CCCCCCCCCC(=O)O[C@H](COC(=O)CCCCCCCCCCCC)COP(=O)(O)OC[C@H](N)C(=O)O. The maximum absolute atomic E-state index is 12.6. The van der Waals surface area contributed by atoms with Crippen molar-refractivity contribution in [1.29, 1.82) is 0 Å². The Balaban J connectivity index is 4.31. The van der Waals surface area contributed by atoms with E-state index < -0.39 is 51.1 Å². The Morgan fingerprint density at radius 3 is 1.38 bits per heavy atom. The monoisotopic (exact) mass is 776 g/mol. The number of rotatable bonds is 40. The van der Waals surface area contributed by atoms with Gasteiger partial charge < -0.3 is 25.2 Å². The molecule has 0 aromatic heterocycles. The summed E-state index contributed by atoms with van der Waals surface area (Å²) in [5, 5.41) is 8.87. The predicted octanol–water partition coefficient (Wildman–Crippen LogP) is 10.9. The molecule has 0 bridgehead atoms. The Labute approximate surface area is 322 Å². The number of aliphatic carboxylic acids is 1. The zero-order valence-corrected chi connectivity index (χ0v) is 34.5. The van der Waals surface area contributed by atoms with Crippen LogP contribution in [0.15, 0.2) is 12.2 Å². The minimum atomic E-state index is -4.71. The van der Waals surface area contributed by atoms with Crippen molar-refractivity contribution in [3.63, 3.8) is 0 Å². The molecule has 53 heavy (non-hydrogen) atoms. The van der Waals surface area contributed by atoms with E-state index >= 15 is 0 Å². The van der Waals surface area contributed by atoms with Gasteiger partial charge in [0, 0.05) is 12.8 Å². The van der Waals surface area contributed by atoms with Gasteiger partial charge in [-0.3, -0.25) is 23.4 Å². The minimum absolute atomic E-state index is 0.160. The predicted molar refractivity (Wildman–Crippen MR) is 213 cm³/mol. The number of carbonyl (C=O) groups is 3. The Kier molecular flexibility index (Phi) is 35.9. The number of nitrogens with two attached hydrogens (primary N) is 1. The molecule has 312 valence electrons. The number of hydrogen-bond acceptors (Lipinski definition) is 9. The van der Waals surface area contributed by atoms with Crippen molar-refractivity contribution in [3.05, 3.63) is 12.2 Å². The third-order valence-electron chi connectivity index (χ3n) is 9.26. The molecule has 0 saturated heterocycles. The van der Waals surface area contributed by atoms with Gasteiger partial charge in [0.15, 0.2) is 6.10 Å². The highest BCUT2D eigenvalue weighted by molar-refractivity contribution is 7.47. The van der Waals surface area contributed by atoms with Crippen LogP contribution in [0.3, 0.4) is 0 Å². The van der Waals surface area contributed by atoms with Gasteiger partial charge in [-0.25, -0.2) is 4.57 Å². The van der Waals surface area contributed by atoms with Crippen molar-refractivity contribution >= 4 is 25.7 Å². The summed E-state index contributed by atoms with van der Waals surface area (Å²) < 4.78 is 32.6. The Hall–Kier alpha value is -1.78. The zero-order chi connectivity index (χ0) is 39.3. The first-order valence-electron chi connectivity index (χ1n) is 21.2. The lowest BCUT2D eigenvalue weighted by Gasteiger charge is -2.20. The number of carboxylic acid groups (broad SMARTS) is 1. The van der Waals surface area contributed by atoms with Gasteiger partial charge in [-0.15, -0.1) is 0 Å². The number of carbonyl (C=O) groups excluding carboxylic acids is 2. The van der Waals surface area contributed by atoms with Crippen molar-refractivity contribution in [2.45, 2.75) is 212 Å². The van der Waals surface area contributed by atoms with Gasteiger partial charge in [0.2, 0.25) is 0 Å². The second kappa shape index (κ2) is 37.2. The first-order valence-corrected chi connectivity index (χ1v) is 22.7. The molecule has 0 aliphatic carbocycles. The summed E-state index contributed by atoms with van der Waals surface area (Å²) in [5.74, 6) is -2.38. The summed E-state index contributed by atoms with van der Waals surface area (Å²) in [6.07, 6.45) is 35.7. The molecule has 0 heterocycles. The highest BCUT2D eigenvalue weighted by Crippen LogP contribution is 2.43. The Morgan fingerprint density at radius 1 is 0.566 bits per heavy atom. The van der Waals surface area contributed by atoms with Gasteiger partial charge in [0.05, 0.1) is 13.2 Å². The second-order valence-corrected chi connectivity index (χ2v) is 15.9. The molecule has 0 spiro atoms. The van der Waals surface area contributed by atoms with Gasteiger partial charge in [-0.2, -0.15) is 0 Å². The first-order chi connectivity index (χ1) is 25.6. The molecule has 12 heteroatoms. The van der Waals surface area contributed by atoms with Gasteiger partial charge in [-0.1, -0.05) is 161 Å². The van der Waals surface area contributed by atoms with E-state index in [0.29, 0.717) is 12.8 Å². The molecule has 4 N–H and O–H groups in total. The summed E-state index contributed by atoms with van der Waals surface area (Å²) in [7, 11) is -4.71. The number of phosphoric ester groups is 1. The molecule has 0 rings (SSSR count). The van der Waals surface area contributed by atoms with E-state index in [0.717, 1.165) is 44.9 Å². The van der Waals surface area contributed by atoms with E-state index in [9.17, 15) is 23.8 Å². The summed E-state index contributed by atoms with van der Waals surface area (Å²) in [5.41, 5.74) is 5.32. The average Bonchev–Trinajstić information content (AvgIpc) is 3.13. The molecule has 0 aromatic carbocycles. The van der Waals surface area contributed by atoms with Crippen LogP contribution in [0.25, 0.3) is 0 Å². The minimum Gasteiger partial charge on any atom is -0.480 e. The highest BCUT2D eigenvalue weighted by Gasteiger charge is 2.28. The van der Waals surface area contributed by atoms with Crippen LogP contribution in [-0.2, 0) is 37.5 Å². The third kappa shape index (κ3) is 36.9. The summed E-state index contributed by atoms with van der Waals surface area (Å²) >= 11 is 0. The molecule has 0 aliphatic rings. The van der Waals surface area contributed by atoms with E-state index in [2.05, 4.69) is 30.5 Å². The molecular weight excluding hydrogens is 697 g/mol. The summed E-state index contributed by atoms with van der Waals surface area (Å²) in [4.78, 5) is 45.8. The maximum Gasteiger partial charge on any atom is 0.472 e. The fraction of sp³-hybridized carbons (Fsp3) is 0.878. The van der Waals surface area contributed by atoms with E-state index in [1.807, 2.05) is 0 Å². The van der Waals surface area contributed by atoms with E-state index in [4.69, 9.17) is 24.8 Å². The molecule has 0 aromatic rings. The molecule has 0 amide bonds. The van der Waals surface area contributed by atoms with Crippen LogP contribution in [0.2, 0.25) is 0 Å². The van der Waals surface area contributed by atoms with Crippen LogP contribution in [-0.4, -0.2) is 59.9 Å². The van der Waals surface area contributed by atoms with E-state index in [1.165, 1.54) is 116 Å². The van der Waals surface area contributed by atoms with Gasteiger partial charge in [0.25, 0.3) is 0 Å². The van der Waals surface area contributed by atoms with Crippen molar-refractivity contribution in [1.82, 2.24) is 0 Å². The van der Waals surface area contributed by atoms with Gasteiger partial charge in [0.1, 0.15) is 12.6 Å². The Morgan fingerprint density at radius 2 is 0.943 bits per heavy atom. The quantitative estimate of drug-likeness (QED) is 0.0234. The molecule has 0 fully saturated rings. The Bertz CT molecular complexity index is 963. The second-order valence-electron chi connectivity index (χ2n) is 14.5. The highest BCUT2D eigenvalue weighted by atomic mass is 31.2. The molecule has 11 nitrogen and oxygen atoms in total. The van der Waals surface area contributed by atoms with Crippen LogP contribution < -0.4 is 5.73 Å². The van der Waals surface area contributed by atoms with Crippen molar-refractivity contribution in [3.8, 4) is 0 Å². The van der Waals surface area contributed by atoms with Crippen LogP contribution >= 0.6 is 7.82 Å². The topological polar surface area (TPSA) is 172 Å². The zero-order valence-electron chi connectivity index (χ0n) is 33.6. The molecule has 1 unspecified atom stereocenters. The molecule has 3 atom stereocenters. The maximum atomic E-state index is 12.6. The number of ether oxygens (including phenoxy) is 2. The number of hydrogen-bond donors (Lipinski definition) is 3. The van der Waals surface area contributed by atoms with Crippen LogP contribution in [0.4, 0.5) is 0 Å². The number of esters is 2. The number of allylic oxidation sites excluding steroid dienone is 2. The van der Waals surface area contributed by atoms with Crippen LogP contribution in [0, 0.1) is 0 Å².